The highest BCUT2D eigenvalue weighted by atomic mass is 35.5. The lowest BCUT2D eigenvalue weighted by Gasteiger charge is -2.18. The van der Waals surface area contributed by atoms with Crippen LogP contribution in [-0.2, 0) is 6.61 Å². The number of ether oxygens (including phenoxy) is 1. The first kappa shape index (κ1) is 19.3. The Labute approximate surface area is 145 Å². The Morgan fingerprint density at radius 3 is 2.22 bits per heavy atom. The lowest BCUT2D eigenvalue weighted by molar-refractivity contribution is 0.302. The summed E-state index contributed by atoms with van der Waals surface area (Å²) in [6.07, 6.45) is 0.809. The standard InChI is InChI=1S/C20H25NO.ClH/c1-14(2)10-19(21)18-11-15(3)20(16(4)12-18)22-13-17-8-6-5-7-9-17;/h5-9,11-12,19H,1,10,13,21H2,2-4H3;1H/t19-;/m0./s1. The number of rotatable bonds is 6. The topological polar surface area (TPSA) is 35.2 Å². The van der Waals surface area contributed by atoms with Gasteiger partial charge in [0.05, 0.1) is 0 Å². The van der Waals surface area contributed by atoms with Gasteiger partial charge in [-0.25, -0.2) is 0 Å². The van der Waals surface area contributed by atoms with Gasteiger partial charge in [0.25, 0.3) is 0 Å². The Balaban J connectivity index is 0.00000264. The van der Waals surface area contributed by atoms with Crippen LogP contribution in [0.3, 0.4) is 0 Å². The van der Waals surface area contributed by atoms with Gasteiger partial charge in [0.2, 0.25) is 0 Å². The van der Waals surface area contributed by atoms with E-state index in [0.717, 1.165) is 34.4 Å². The Bertz CT molecular complexity index is 629. The first-order valence-corrected chi connectivity index (χ1v) is 7.65. The van der Waals surface area contributed by atoms with Crippen LogP contribution in [0, 0.1) is 13.8 Å². The summed E-state index contributed by atoms with van der Waals surface area (Å²) >= 11 is 0. The van der Waals surface area contributed by atoms with E-state index in [2.05, 4.69) is 44.7 Å². The molecular weight excluding hydrogens is 306 g/mol. The molecule has 2 rings (SSSR count). The largest absolute Gasteiger partial charge is 0.488 e. The SMILES string of the molecule is C=C(C)C[C@H](N)c1cc(C)c(OCc2ccccc2)c(C)c1.Cl. The molecule has 0 radical (unpaired) electrons. The van der Waals surface area contributed by atoms with Crippen LogP contribution in [0.25, 0.3) is 0 Å². The van der Waals surface area contributed by atoms with Gasteiger partial charge in [-0.15, -0.1) is 19.0 Å². The van der Waals surface area contributed by atoms with Gasteiger partial charge in [0.15, 0.2) is 0 Å². The van der Waals surface area contributed by atoms with Crippen molar-refractivity contribution in [2.24, 2.45) is 5.73 Å². The van der Waals surface area contributed by atoms with Gasteiger partial charge in [-0.2, -0.15) is 0 Å². The zero-order valence-corrected chi connectivity index (χ0v) is 15.0. The molecule has 0 unspecified atom stereocenters. The van der Waals surface area contributed by atoms with E-state index in [0.29, 0.717) is 6.61 Å². The smallest absolute Gasteiger partial charge is 0.125 e. The Morgan fingerprint density at radius 1 is 1.13 bits per heavy atom. The molecule has 2 aromatic rings. The summed E-state index contributed by atoms with van der Waals surface area (Å²) in [4.78, 5) is 0. The van der Waals surface area contributed by atoms with Crippen molar-refractivity contribution >= 4 is 12.4 Å². The van der Waals surface area contributed by atoms with E-state index in [4.69, 9.17) is 10.5 Å². The summed E-state index contributed by atoms with van der Waals surface area (Å²) in [5.41, 5.74) is 11.9. The van der Waals surface area contributed by atoms with E-state index in [1.165, 1.54) is 5.56 Å². The van der Waals surface area contributed by atoms with E-state index >= 15 is 0 Å². The molecule has 2 aromatic carbocycles. The minimum Gasteiger partial charge on any atom is -0.488 e. The average Bonchev–Trinajstić information content (AvgIpc) is 2.46. The Morgan fingerprint density at radius 2 is 1.70 bits per heavy atom. The highest BCUT2D eigenvalue weighted by Crippen LogP contribution is 2.29. The number of benzene rings is 2. The molecule has 0 heterocycles. The molecule has 0 saturated carbocycles. The molecular formula is C20H26ClNO. The maximum absolute atomic E-state index is 6.25. The average molecular weight is 332 g/mol. The Kier molecular flexibility index (Phi) is 7.34. The number of halogens is 1. The van der Waals surface area contributed by atoms with Crippen molar-refractivity contribution < 1.29 is 4.74 Å². The summed E-state index contributed by atoms with van der Waals surface area (Å²) in [6.45, 7) is 10.7. The van der Waals surface area contributed by atoms with Crippen LogP contribution in [0.15, 0.2) is 54.6 Å². The second-order valence-electron chi connectivity index (χ2n) is 6.03. The highest BCUT2D eigenvalue weighted by Gasteiger charge is 2.12. The van der Waals surface area contributed by atoms with Crippen molar-refractivity contribution in [3.8, 4) is 5.75 Å². The third-order valence-electron chi connectivity index (χ3n) is 3.71. The molecule has 2 nitrogen and oxygen atoms in total. The van der Waals surface area contributed by atoms with Gasteiger partial charge in [-0.05, 0) is 49.4 Å². The van der Waals surface area contributed by atoms with Crippen molar-refractivity contribution in [3.63, 3.8) is 0 Å². The molecule has 0 fully saturated rings. The van der Waals surface area contributed by atoms with Crippen molar-refractivity contribution in [1.82, 2.24) is 0 Å². The lowest BCUT2D eigenvalue weighted by atomic mass is 9.97. The van der Waals surface area contributed by atoms with Crippen LogP contribution in [0.5, 0.6) is 5.75 Å². The van der Waals surface area contributed by atoms with Crippen LogP contribution < -0.4 is 10.5 Å². The lowest BCUT2D eigenvalue weighted by Crippen LogP contribution is -2.11. The number of hydrogen-bond donors (Lipinski definition) is 1. The summed E-state index contributed by atoms with van der Waals surface area (Å²) in [7, 11) is 0. The fraction of sp³-hybridized carbons (Fsp3) is 0.300. The van der Waals surface area contributed by atoms with Crippen molar-refractivity contribution in [1.29, 1.82) is 0 Å². The quantitative estimate of drug-likeness (QED) is 0.732. The number of aryl methyl sites for hydroxylation is 2. The van der Waals surface area contributed by atoms with E-state index in [1.807, 2.05) is 25.1 Å². The van der Waals surface area contributed by atoms with Crippen molar-refractivity contribution in [2.45, 2.75) is 39.8 Å². The van der Waals surface area contributed by atoms with Crippen molar-refractivity contribution in [3.05, 3.63) is 76.9 Å². The second kappa shape index (κ2) is 8.76. The monoisotopic (exact) mass is 331 g/mol. The van der Waals surface area contributed by atoms with Gasteiger partial charge in [-0.1, -0.05) is 48.0 Å². The molecule has 0 aliphatic carbocycles. The maximum Gasteiger partial charge on any atom is 0.125 e. The van der Waals surface area contributed by atoms with Crippen LogP contribution in [0.1, 0.15) is 41.6 Å². The summed E-state index contributed by atoms with van der Waals surface area (Å²) in [5, 5.41) is 0. The molecule has 0 aliphatic rings. The van der Waals surface area contributed by atoms with Gasteiger partial charge in [0, 0.05) is 6.04 Å². The maximum atomic E-state index is 6.25. The fourth-order valence-electron chi connectivity index (χ4n) is 2.65. The van der Waals surface area contributed by atoms with Crippen LogP contribution in [0.2, 0.25) is 0 Å². The Hall–Kier alpha value is -1.77. The normalized spacial score (nSPS) is 11.5. The fourth-order valence-corrected chi connectivity index (χ4v) is 2.65. The predicted molar refractivity (Wildman–Crippen MR) is 100 cm³/mol. The summed E-state index contributed by atoms with van der Waals surface area (Å²) < 4.78 is 6.01. The van der Waals surface area contributed by atoms with Crippen molar-refractivity contribution in [2.75, 3.05) is 0 Å². The molecule has 0 spiro atoms. The molecule has 0 aromatic heterocycles. The van der Waals surface area contributed by atoms with E-state index in [-0.39, 0.29) is 18.4 Å². The minimum absolute atomic E-state index is 0. The first-order chi connectivity index (χ1) is 10.5. The van der Waals surface area contributed by atoms with E-state index < -0.39 is 0 Å². The molecule has 23 heavy (non-hydrogen) atoms. The summed E-state index contributed by atoms with van der Waals surface area (Å²) in [5.74, 6) is 0.954. The van der Waals surface area contributed by atoms with Crippen LogP contribution in [0.4, 0.5) is 0 Å². The molecule has 0 amide bonds. The molecule has 3 heteroatoms. The zero-order chi connectivity index (χ0) is 16.1. The van der Waals surface area contributed by atoms with E-state index in [9.17, 15) is 0 Å². The molecule has 0 bridgehead atoms. The molecule has 2 N–H and O–H groups in total. The molecule has 0 saturated heterocycles. The molecule has 1 atom stereocenters. The second-order valence-corrected chi connectivity index (χ2v) is 6.03. The zero-order valence-electron chi connectivity index (χ0n) is 14.1. The van der Waals surface area contributed by atoms with Gasteiger partial charge in [-0.3, -0.25) is 0 Å². The van der Waals surface area contributed by atoms with Crippen LogP contribution in [-0.4, -0.2) is 0 Å². The third-order valence-corrected chi connectivity index (χ3v) is 3.71. The van der Waals surface area contributed by atoms with Gasteiger partial charge in [0.1, 0.15) is 12.4 Å². The highest BCUT2D eigenvalue weighted by molar-refractivity contribution is 5.85. The first-order valence-electron chi connectivity index (χ1n) is 7.65. The molecule has 0 aliphatic heterocycles. The van der Waals surface area contributed by atoms with Crippen LogP contribution >= 0.6 is 12.4 Å². The number of hydrogen-bond acceptors (Lipinski definition) is 2. The minimum atomic E-state index is -0.00178. The number of nitrogens with two attached hydrogens (primary N) is 1. The van der Waals surface area contributed by atoms with E-state index in [1.54, 1.807) is 0 Å². The van der Waals surface area contributed by atoms with Gasteiger partial charge >= 0.3 is 0 Å². The predicted octanol–water partition coefficient (Wildman–Crippen LogP) is 5.27. The third kappa shape index (κ3) is 5.42. The molecule has 124 valence electrons. The van der Waals surface area contributed by atoms with Gasteiger partial charge < -0.3 is 10.5 Å². The summed E-state index contributed by atoms with van der Waals surface area (Å²) in [6, 6.07) is 14.5.